The number of hydrogen-bond donors (Lipinski definition) is 2. The summed E-state index contributed by atoms with van der Waals surface area (Å²) in [6, 6.07) is 3.96. The second kappa shape index (κ2) is 4.89. The molecule has 124 valence electrons. The Labute approximate surface area is 141 Å². The van der Waals surface area contributed by atoms with Gasteiger partial charge in [0.1, 0.15) is 5.60 Å². The van der Waals surface area contributed by atoms with Crippen molar-refractivity contribution in [3.63, 3.8) is 0 Å². The molecule has 1 aromatic carbocycles. The van der Waals surface area contributed by atoms with E-state index < -0.39 is 47.9 Å². The maximum absolute atomic E-state index is 12.8. The van der Waals surface area contributed by atoms with Crippen LogP contribution in [0, 0.1) is 11.8 Å². The van der Waals surface area contributed by atoms with E-state index in [9.17, 15) is 19.5 Å². The van der Waals surface area contributed by atoms with Gasteiger partial charge < -0.3 is 14.9 Å². The van der Waals surface area contributed by atoms with Gasteiger partial charge in [-0.1, -0.05) is 23.8 Å². The van der Waals surface area contributed by atoms with Crippen LogP contribution in [-0.2, 0) is 14.3 Å². The van der Waals surface area contributed by atoms with Gasteiger partial charge in [-0.3, -0.25) is 9.59 Å². The minimum Gasteiger partial charge on any atom is -0.478 e. The van der Waals surface area contributed by atoms with E-state index in [0.29, 0.717) is 0 Å². The van der Waals surface area contributed by atoms with E-state index >= 15 is 0 Å². The summed E-state index contributed by atoms with van der Waals surface area (Å²) >= 11 is 5.84. The second-order valence-electron chi connectivity index (χ2n) is 6.04. The Morgan fingerprint density at radius 3 is 2.75 bits per heavy atom. The average Bonchev–Trinajstić information content (AvgIpc) is 3.19. The maximum Gasteiger partial charge on any atom is 0.337 e. The number of carboxylic acid groups (broad SMARTS) is 1. The highest BCUT2D eigenvalue weighted by Gasteiger charge is 2.67. The van der Waals surface area contributed by atoms with Crippen LogP contribution in [0.5, 0.6) is 0 Å². The van der Waals surface area contributed by atoms with Crippen molar-refractivity contribution in [2.75, 3.05) is 11.5 Å². The summed E-state index contributed by atoms with van der Waals surface area (Å²) in [4.78, 5) is 37.7. The molecule has 4 atom stereocenters. The minimum absolute atomic E-state index is 0.0161. The molecule has 3 heterocycles. The van der Waals surface area contributed by atoms with E-state index in [-0.39, 0.29) is 16.3 Å². The van der Waals surface area contributed by atoms with Gasteiger partial charge in [-0.2, -0.15) is 0 Å². The van der Waals surface area contributed by atoms with Crippen LogP contribution in [0.4, 0.5) is 5.69 Å². The predicted octanol–water partition coefficient (Wildman–Crippen LogP) is 0.843. The molecule has 2 fully saturated rings. The fourth-order valence-corrected chi connectivity index (χ4v) is 3.95. The number of hydrogen-bond acceptors (Lipinski definition) is 5. The molecule has 0 aromatic heterocycles. The molecule has 2 amide bonds. The lowest BCUT2D eigenvalue weighted by Crippen LogP contribution is -2.43. The van der Waals surface area contributed by atoms with E-state index in [4.69, 9.17) is 21.4 Å². The van der Waals surface area contributed by atoms with Crippen LogP contribution in [-0.4, -0.2) is 46.3 Å². The molecule has 7 nitrogen and oxygen atoms in total. The predicted molar refractivity (Wildman–Crippen MR) is 81.7 cm³/mol. The number of imide groups is 1. The highest BCUT2D eigenvalue weighted by molar-refractivity contribution is 6.34. The first-order chi connectivity index (χ1) is 11.4. The van der Waals surface area contributed by atoms with Gasteiger partial charge in [0.2, 0.25) is 11.8 Å². The van der Waals surface area contributed by atoms with Crippen LogP contribution >= 0.6 is 11.6 Å². The smallest absolute Gasteiger partial charge is 0.337 e. The summed E-state index contributed by atoms with van der Waals surface area (Å²) in [5.74, 6) is -3.75. The number of aromatic carboxylic acids is 1. The van der Waals surface area contributed by atoms with Crippen LogP contribution in [0.2, 0.25) is 5.02 Å². The van der Waals surface area contributed by atoms with Crippen LogP contribution in [0.25, 0.3) is 0 Å². The zero-order valence-corrected chi connectivity index (χ0v) is 12.9. The molecule has 8 heteroatoms. The first-order valence-electron chi connectivity index (χ1n) is 7.28. The summed E-state index contributed by atoms with van der Waals surface area (Å²) < 4.78 is 5.64. The number of halogens is 1. The molecular weight excluding hydrogens is 338 g/mol. The van der Waals surface area contributed by atoms with Gasteiger partial charge in [-0.25, -0.2) is 9.69 Å². The normalized spacial score (nSPS) is 33.4. The molecule has 0 aliphatic carbocycles. The Balaban J connectivity index is 1.77. The van der Waals surface area contributed by atoms with Gasteiger partial charge in [0, 0.05) is 0 Å². The number of anilines is 1. The highest BCUT2D eigenvalue weighted by Crippen LogP contribution is 2.52. The molecule has 3 aliphatic rings. The van der Waals surface area contributed by atoms with Gasteiger partial charge in [0.15, 0.2) is 0 Å². The Kier molecular flexibility index (Phi) is 3.12. The number of nitrogens with zero attached hydrogens (tertiary/aromatic N) is 1. The fraction of sp³-hybridized carbons (Fsp3) is 0.312. The molecule has 1 aromatic rings. The molecule has 2 bridgehead atoms. The Morgan fingerprint density at radius 2 is 2.08 bits per heavy atom. The third kappa shape index (κ3) is 1.77. The number of fused-ring (bicyclic) bond motifs is 5. The molecule has 0 spiro atoms. The molecule has 0 radical (unpaired) electrons. The van der Waals surface area contributed by atoms with Crippen molar-refractivity contribution >= 4 is 35.1 Å². The number of ether oxygens (including phenoxy) is 1. The first-order valence-corrected chi connectivity index (χ1v) is 7.66. The maximum atomic E-state index is 12.8. The molecule has 2 saturated heterocycles. The SMILES string of the molecule is O=C(O)c1cc(N2C(=O)[C@@H]3[C@@H]4C=C[C@@](CO)(O4)[C@@H]3C2=O)ccc1Cl. The number of carboxylic acids is 1. The molecular formula is C16H12ClNO6. The molecule has 4 rings (SSSR count). The molecule has 0 saturated carbocycles. The Morgan fingerprint density at radius 1 is 1.33 bits per heavy atom. The van der Waals surface area contributed by atoms with Gasteiger partial charge in [-0.05, 0) is 18.2 Å². The van der Waals surface area contributed by atoms with Crippen molar-refractivity contribution in [2.45, 2.75) is 11.7 Å². The number of carbonyl (C=O) groups excluding carboxylic acids is 2. The van der Waals surface area contributed by atoms with Crippen LogP contribution in [0.3, 0.4) is 0 Å². The average molecular weight is 350 g/mol. The molecule has 2 N–H and O–H groups in total. The quantitative estimate of drug-likeness (QED) is 0.619. The molecule has 3 aliphatic heterocycles. The van der Waals surface area contributed by atoms with E-state index in [1.54, 1.807) is 12.2 Å². The first kappa shape index (κ1) is 15.3. The second-order valence-corrected chi connectivity index (χ2v) is 6.45. The fourth-order valence-electron chi connectivity index (χ4n) is 3.75. The van der Waals surface area contributed by atoms with Gasteiger partial charge in [0.25, 0.3) is 0 Å². The van der Waals surface area contributed by atoms with Crippen molar-refractivity contribution in [3.8, 4) is 0 Å². The molecule has 24 heavy (non-hydrogen) atoms. The number of benzene rings is 1. The van der Waals surface area contributed by atoms with Crippen molar-refractivity contribution in [3.05, 3.63) is 40.9 Å². The number of amides is 2. The Bertz CT molecular complexity index is 821. The topological polar surface area (TPSA) is 104 Å². The Hall–Kier alpha value is -2.22. The van der Waals surface area contributed by atoms with Crippen molar-refractivity contribution in [1.29, 1.82) is 0 Å². The number of rotatable bonds is 3. The summed E-state index contributed by atoms with van der Waals surface area (Å²) in [7, 11) is 0. The van der Waals surface area contributed by atoms with Crippen LogP contribution in [0.15, 0.2) is 30.4 Å². The summed E-state index contributed by atoms with van der Waals surface area (Å²) in [6.07, 6.45) is 2.74. The van der Waals surface area contributed by atoms with Crippen LogP contribution in [0.1, 0.15) is 10.4 Å². The summed E-state index contributed by atoms with van der Waals surface area (Å²) in [5.41, 5.74) is -1.23. The molecule has 0 unspecified atom stereocenters. The lowest BCUT2D eigenvalue weighted by Gasteiger charge is -2.26. The lowest BCUT2D eigenvalue weighted by molar-refractivity contribution is -0.128. The third-order valence-corrected chi connectivity index (χ3v) is 5.17. The zero-order valence-electron chi connectivity index (χ0n) is 12.2. The monoisotopic (exact) mass is 349 g/mol. The van der Waals surface area contributed by atoms with E-state index in [1.807, 2.05) is 0 Å². The van der Waals surface area contributed by atoms with Crippen LogP contribution < -0.4 is 4.90 Å². The number of aliphatic hydroxyl groups is 1. The third-order valence-electron chi connectivity index (χ3n) is 4.84. The lowest BCUT2D eigenvalue weighted by atomic mass is 9.77. The number of carbonyl (C=O) groups is 3. The van der Waals surface area contributed by atoms with E-state index in [2.05, 4.69) is 0 Å². The van der Waals surface area contributed by atoms with E-state index in [1.165, 1.54) is 18.2 Å². The number of aliphatic hydroxyl groups excluding tert-OH is 1. The summed E-state index contributed by atoms with van der Waals surface area (Å²) in [6.45, 7) is -0.408. The standard InChI is InChI=1S/C16H12ClNO6/c17-9-2-1-7(5-8(9)15(22)23)18-13(20)11-10-3-4-16(6-19,24-10)12(11)14(18)21/h1-5,10-12,19H,6H2,(H,22,23)/t10-,11+,12-,16-/m0/s1. The minimum atomic E-state index is -1.25. The highest BCUT2D eigenvalue weighted by atomic mass is 35.5. The summed E-state index contributed by atoms with van der Waals surface area (Å²) in [5, 5.41) is 18.8. The zero-order chi connectivity index (χ0) is 17.2. The van der Waals surface area contributed by atoms with Gasteiger partial charge in [0.05, 0.1) is 40.8 Å². The van der Waals surface area contributed by atoms with Crippen molar-refractivity contribution in [1.82, 2.24) is 0 Å². The van der Waals surface area contributed by atoms with Crippen molar-refractivity contribution in [2.24, 2.45) is 11.8 Å². The van der Waals surface area contributed by atoms with Gasteiger partial charge >= 0.3 is 5.97 Å². The largest absolute Gasteiger partial charge is 0.478 e. The van der Waals surface area contributed by atoms with Gasteiger partial charge in [-0.15, -0.1) is 0 Å². The van der Waals surface area contributed by atoms with Crippen molar-refractivity contribution < 1.29 is 29.3 Å². The van der Waals surface area contributed by atoms with E-state index in [0.717, 1.165) is 4.90 Å².